The predicted octanol–water partition coefficient (Wildman–Crippen LogP) is 4.21. The van der Waals surface area contributed by atoms with Gasteiger partial charge in [0.1, 0.15) is 11.3 Å². The van der Waals surface area contributed by atoms with Crippen LogP contribution < -0.4 is 16.2 Å². The van der Waals surface area contributed by atoms with E-state index in [1.54, 1.807) is 18.2 Å². The number of rotatable bonds is 10. The summed E-state index contributed by atoms with van der Waals surface area (Å²) in [7, 11) is 1.49. The van der Waals surface area contributed by atoms with Gasteiger partial charge < -0.3 is 25.7 Å². The Morgan fingerprint density at radius 2 is 1.97 bits per heavy atom. The molecule has 0 saturated carbocycles. The third-order valence-corrected chi connectivity index (χ3v) is 6.23. The Hall–Kier alpha value is -3.13. The maximum atomic E-state index is 12.2. The van der Waals surface area contributed by atoms with E-state index < -0.39 is 17.7 Å². The highest BCUT2D eigenvalue weighted by Gasteiger charge is 2.24. The topological polar surface area (TPSA) is 129 Å². The summed E-state index contributed by atoms with van der Waals surface area (Å²) in [6.45, 7) is 1.95. The van der Waals surface area contributed by atoms with Crippen LogP contribution in [-0.2, 0) is 9.59 Å². The van der Waals surface area contributed by atoms with E-state index in [0.29, 0.717) is 29.9 Å². The lowest BCUT2D eigenvalue weighted by atomic mass is 9.86. The van der Waals surface area contributed by atoms with Crippen LogP contribution in [-0.4, -0.2) is 30.3 Å². The molecule has 32 heavy (non-hydrogen) atoms. The van der Waals surface area contributed by atoms with Crippen LogP contribution in [0, 0.1) is 12.3 Å². The molecule has 0 aliphatic carbocycles. The van der Waals surface area contributed by atoms with Crippen molar-refractivity contribution in [2.24, 2.45) is 17.4 Å². The van der Waals surface area contributed by atoms with Crippen LogP contribution in [0.1, 0.15) is 31.2 Å². The van der Waals surface area contributed by atoms with Gasteiger partial charge in [-0.05, 0) is 60.9 Å². The fraction of sp³-hybridized carbons (Fsp3) is 0.292. The first-order valence-electron chi connectivity index (χ1n) is 10.1. The molecule has 1 unspecified atom stereocenters. The van der Waals surface area contributed by atoms with Gasteiger partial charge in [-0.2, -0.15) is 0 Å². The summed E-state index contributed by atoms with van der Waals surface area (Å²) in [6, 6.07) is 10.7. The van der Waals surface area contributed by atoms with E-state index in [0.717, 1.165) is 21.4 Å². The zero-order valence-electron chi connectivity index (χ0n) is 18.3. The van der Waals surface area contributed by atoms with E-state index in [1.165, 1.54) is 25.3 Å². The third kappa shape index (κ3) is 5.02. The van der Waals surface area contributed by atoms with Crippen LogP contribution in [0.15, 0.2) is 45.7 Å². The maximum Gasteiger partial charge on any atom is 0.224 e. The zero-order valence-corrected chi connectivity index (χ0v) is 19.1. The lowest BCUT2D eigenvalue weighted by Gasteiger charge is -2.18. The number of fused-ring (bicyclic) bond motifs is 1. The van der Waals surface area contributed by atoms with E-state index >= 15 is 0 Å². The second-order valence-electron chi connectivity index (χ2n) is 7.74. The molecule has 2 aromatic carbocycles. The Morgan fingerprint density at radius 3 is 2.59 bits per heavy atom. The standard InChI is InChI=1S/C24H27N2O5S/c1-13(4-9-21(25)28)10-16(24(26)29)14-6-8-19-17(11-14)23(32-3)22(31-19)15-5-7-18(27)20(12-15)30-2/h5-9,11-13,16,27H,4,10H2,1-3H3,(H2,25,28)(H2,26,29)/t13-,16?/m1/s1. The van der Waals surface area contributed by atoms with Gasteiger partial charge in [-0.25, -0.2) is 0 Å². The maximum absolute atomic E-state index is 12.2. The first-order chi connectivity index (χ1) is 15.2. The van der Waals surface area contributed by atoms with Gasteiger partial charge in [0.25, 0.3) is 0 Å². The summed E-state index contributed by atoms with van der Waals surface area (Å²) >= 11 is 1.53. The first kappa shape index (κ1) is 23.5. The summed E-state index contributed by atoms with van der Waals surface area (Å²) < 4.78 is 11.3. The van der Waals surface area contributed by atoms with Crippen LogP contribution in [0.2, 0.25) is 0 Å². The first-order valence-corrected chi connectivity index (χ1v) is 11.4. The number of phenols is 1. The van der Waals surface area contributed by atoms with Gasteiger partial charge in [0, 0.05) is 17.4 Å². The Labute approximate surface area is 191 Å². The summed E-state index contributed by atoms with van der Waals surface area (Å²) in [5.41, 5.74) is 13.2. The number of nitrogens with two attached hydrogens (primary N) is 2. The van der Waals surface area contributed by atoms with Gasteiger partial charge in [-0.15, -0.1) is 11.8 Å². The van der Waals surface area contributed by atoms with Crippen LogP contribution in [0.25, 0.3) is 22.3 Å². The molecule has 169 valence electrons. The minimum atomic E-state index is -0.502. The molecule has 2 atom stereocenters. The highest BCUT2D eigenvalue weighted by Crippen LogP contribution is 2.42. The molecule has 1 aromatic heterocycles. The molecule has 8 heteroatoms. The monoisotopic (exact) mass is 455 g/mol. The van der Waals surface area contributed by atoms with Crippen LogP contribution in [0.5, 0.6) is 11.5 Å². The van der Waals surface area contributed by atoms with Gasteiger partial charge in [0.15, 0.2) is 11.5 Å². The van der Waals surface area contributed by atoms with Crippen molar-refractivity contribution in [3.8, 4) is 22.8 Å². The highest BCUT2D eigenvalue weighted by molar-refractivity contribution is 7.99. The van der Waals surface area contributed by atoms with Crippen LogP contribution in [0.4, 0.5) is 0 Å². The number of amides is 2. The molecule has 5 N–H and O–H groups in total. The molecule has 1 radical (unpaired) electrons. The molecule has 0 fully saturated rings. The molecule has 2 amide bonds. The molecule has 0 bridgehead atoms. The predicted molar refractivity (Wildman–Crippen MR) is 125 cm³/mol. The number of hydrogen-bond acceptors (Lipinski definition) is 6. The largest absolute Gasteiger partial charge is 0.504 e. The van der Waals surface area contributed by atoms with Crippen LogP contribution >= 0.6 is 11.8 Å². The minimum Gasteiger partial charge on any atom is -0.504 e. The van der Waals surface area contributed by atoms with Crippen LogP contribution in [0.3, 0.4) is 0 Å². The Morgan fingerprint density at radius 1 is 1.22 bits per heavy atom. The second kappa shape index (κ2) is 9.99. The molecule has 3 rings (SSSR count). The average molecular weight is 456 g/mol. The van der Waals surface area contributed by atoms with E-state index in [-0.39, 0.29) is 11.7 Å². The molecule has 0 spiro atoms. The van der Waals surface area contributed by atoms with Gasteiger partial charge in [-0.3, -0.25) is 9.59 Å². The van der Waals surface area contributed by atoms with E-state index in [9.17, 15) is 14.7 Å². The molecule has 0 saturated heterocycles. The average Bonchev–Trinajstić information content (AvgIpc) is 3.13. The fourth-order valence-corrected chi connectivity index (χ4v) is 4.48. The quantitative estimate of drug-likeness (QED) is 0.393. The lowest BCUT2D eigenvalue weighted by Crippen LogP contribution is -2.24. The third-order valence-electron chi connectivity index (χ3n) is 5.42. The van der Waals surface area contributed by atoms with Gasteiger partial charge in [-0.1, -0.05) is 13.0 Å². The van der Waals surface area contributed by atoms with Gasteiger partial charge >= 0.3 is 0 Å². The summed E-state index contributed by atoms with van der Waals surface area (Å²) in [4.78, 5) is 24.2. The number of aromatic hydroxyl groups is 1. The number of benzene rings is 2. The molecular weight excluding hydrogens is 428 g/mol. The number of furan rings is 1. The number of phenolic OH excluding ortho intramolecular Hbond substituents is 1. The molecular formula is C24H27N2O5S. The van der Waals surface area contributed by atoms with Crippen molar-refractivity contribution in [3.63, 3.8) is 0 Å². The van der Waals surface area contributed by atoms with Crippen molar-refractivity contribution in [1.82, 2.24) is 0 Å². The van der Waals surface area contributed by atoms with Crippen molar-refractivity contribution in [1.29, 1.82) is 0 Å². The Kier molecular flexibility index (Phi) is 7.35. The van der Waals surface area contributed by atoms with E-state index in [2.05, 4.69) is 0 Å². The number of carbonyl (C=O) groups excluding carboxylic acids is 2. The summed E-state index contributed by atoms with van der Waals surface area (Å²) in [6.07, 6.45) is 4.35. The Balaban J connectivity index is 2.00. The number of primary amides is 2. The SMILES string of the molecule is COc1cc(-c2oc3ccc(C(C[C@H](C)C[CH]C(N)=O)C(N)=O)cc3c2SC)ccc1O. The van der Waals surface area contributed by atoms with E-state index in [4.69, 9.17) is 20.6 Å². The highest BCUT2D eigenvalue weighted by atomic mass is 32.2. The number of methoxy groups -OCH3 is 1. The van der Waals surface area contributed by atoms with Crippen molar-refractivity contribution in [2.45, 2.75) is 30.6 Å². The smallest absolute Gasteiger partial charge is 0.224 e. The second-order valence-corrected chi connectivity index (χ2v) is 8.56. The number of carbonyl (C=O) groups is 2. The zero-order chi connectivity index (χ0) is 23.4. The van der Waals surface area contributed by atoms with Crippen molar-refractivity contribution in [2.75, 3.05) is 13.4 Å². The number of thioether (sulfide) groups is 1. The molecule has 0 aliphatic rings. The number of ether oxygens (including phenoxy) is 1. The van der Waals surface area contributed by atoms with Crippen molar-refractivity contribution < 1.29 is 23.8 Å². The lowest BCUT2D eigenvalue weighted by molar-refractivity contribution is -0.119. The van der Waals surface area contributed by atoms with Crippen molar-refractivity contribution in [3.05, 3.63) is 48.4 Å². The summed E-state index contributed by atoms with van der Waals surface area (Å²) in [5.74, 6) is -0.289. The van der Waals surface area contributed by atoms with E-state index in [1.807, 2.05) is 31.4 Å². The van der Waals surface area contributed by atoms with Gasteiger partial charge in [0.2, 0.25) is 11.8 Å². The minimum absolute atomic E-state index is 0.0485. The Bertz CT molecular complexity index is 1140. The molecule has 7 nitrogen and oxygen atoms in total. The van der Waals surface area contributed by atoms with Gasteiger partial charge in [0.05, 0.1) is 17.9 Å². The summed E-state index contributed by atoms with van der Waals surface area (Å²) in [5, 5.41) is 10.8. The molecule has 1 heterocycles. The molecule has 0 aliphatic heterocycles. The number of hydrogen-bond donors (Lipinski definition) is 3. The van der Waals surface area contributed by atoms with Crippen molar-refractivity contribution >= 4 is 34.5 Å². The normalized spacial score (nSPS) is 13.1. The fourth-order valence-electron chi connectivity index (χ4n) is 3.75. The molecule has 3 aromatic rings.